The fraction of sp³-hybridized carbons (Fsp3) is 0.571. The lowest BCUT2D eigenvalue weighted by molar-refractivity contribution is 0.310. The van der Waals surface area contributed by atoms with Crippen LogP contribution in [0.15, 0.2) is 29.2 Å². The van der Waals surface area contributed by atoms with Crippen molar-refractivity contribution in [2.75, 3.05) is 19.6 Å². The van der Waals surface area contributed by atoms with Crippen molar-refractivity contribution in [3.05, 3.63) is 29.8 Å². The van der Waals surface area contributed by atoms with Crippen LogP contribution in [0.4, 0.5) is 0 Å². The summed E-state index contributed by atoms with van der Waals surface area (Å²) in [4.78, 5) is 0.404. The van der Waals surface area contributed by atoms with Gasteiger partial charge < -0.3 is 5.32 Å². The molecule has 1 heterocycles. The van der Waals surface area contributed by atoms with Gasteiger partial charge in [0.15, 0.2) is 0 Å². The molecule has 1 saturated heterocycles. The summed E-state index contributed by atoms with van der Waals surface area (Å²) in [5, 5.41) is 3.26. The average Bonchev–Trinajstić information content (AvgIpc) is 2.40. The lowest BCUT2D eigenvalue weighted by Gasteiger charge is -2.31. The lowest BCUT2D eigenvalue weighted by atomic mass is 10.1. The molecule has 0 aliphatic carbocycles. The molecule has 1 N–H and O–H groups in total. The largest absolute Gasteiger partial charge is 0.312 e. The number of hydrogen-bond acceptors (Lipinski definition) is 3. The highest BCUT2D eigenvalue weighted by molar-refractivity contribution is 7.89. The normalized spacial score (nSPS) is 21.5. The fourth-order valence-electron chi connectivity index (χ4n) is 2.38. The number of hydrogen-bond donors (Lipinski definition) is 1. The van der Waals surface area contributed by atoms with Crippen LogP contribution in [-0.4, -0.2) is 38.4 Å². The maximum Gasteiger partial charge on any atom is 0.243 e. The zero-order chi connectivity index (χ0) is 13.9. The van der Waals surface area contributed by atoms with Crippen molar-refractivity contribution in [3.8, 4) is 0 Å². The summed E-state index contributed by atoms with van der Waals surface area (Å²) < 4.78 is 26.6. The van der Waals surface area contributed by atoms with E-state index in [2.05, 4.69) is 12.2 Å². The Kier molecular flexibility index (Phi) is 4.60. The van der Waals surface area contributed by atoms with Gasteiger partial charge in [-0.25, -0.2) is 8.42 Å². The maximum atomic E-state index is 12.5. The van der Waals surface area contributed by atoms with Gasteiger partial charge in [-0.2, -0.15) is 4.31 Å². The Labute approximate surface area is 115 Å². The molecule has 1 aliphatic rings. The number of benzene rings is 1. The first kappa shape index (κ1) is 14.5. The third-order valence-electron chi connectivity index (χ3n) is 3.43. The topological polar surface area (TPSA) is 49.4 Å². The molecule has 0 aromatic heterocycles. The number of nitrogens with one attached hydrogen (secondary N) is 1. The lowest BCUT2D eigenvalue weighted by Crippen LogP contribution is -2.51. The van der Waals surface area contributed by atoms with E-state index < -0.39 is 10.0 Å². The molecule has 4 nitrogen and oxygen atoms in total. The van der Waals surface area contributed by atoms with Gasteiger partial charge in [0.2, 0.25) is 10.0 Å². The monoisotopic (exact) mass is 282 g/mol. The van der Waals surface area contributed by atoms with E-state index in [0.29, 0.717) is 24.5 Å². The number of sulfonamides is 1. The van der Waals surface area contributed by atoms with Crippen LogP contribution in [0.25, 0.3) is 0 Å². The second-order valence-electron chi connectivity index (χ2n) is 5.11. The van der Waals surface area contributed by atoms with Gasteiger partial charge in [-0.15, -0.1) is 0 Å². The second kappa shape index (κ2) is 6.03. The molecular weight excluding hydrogens is 260 g/mol. The van der Waals surface area contributed by atoms with Crippen molar-refractivity contribution in [1.82, 2.24) is 9.62 Å². The van der Waals surface area contributed by atoms with Gasteiger partial charge >= 0.3 is 0 Å². The first-order valence-corrected chi connectivity index (χ1v) is 8.30. The minimum atomic E-state index is -3.33. The molecule has 0 unspecified atom stereocenters. The van der Waals surface area contributed by atoms with Gasteiger partial charge in [0.25, 0.3) is 0 Å². The van der Waals surface area contributed by atoms with Gasteiger partial charge in [-0.3, -0.25) is 0 Å². The molecule has 19 heavy (non-hydrogen) atoms. The number of nitrogens with zero attached hydrogens (tertiary/aromatic N) is 1. The quantitative estimate of drug-likeness (QED) is 0.913. The highest BCUT2D eigenvalue weighted by Crippen LogP contribution is 2.18. The van der Waals surface area contributed by atoms with E-state index in [-0.39, 0.29) is 6.04 Å². The van der Waals surface area contributed by atoms with Crippen LogP contribution < -0.4 is 5.32 Å². The zero-order valence-electron chi connectivity index (χ0n) is 11.6. The summed E-state index contributed by atoms with van der Waals surface area (Å²) >= 11 is 0. The van der Waals surface area contributed by atoms with Crippen molar-refractivity contribution in [1.29, 1.82) is 0 Å². The molecular formula is C14H22N2O2S. The third-order valence-corrected chi connectivity index (χ3v) is 5.31. The highest BCUT2D eigenvalue weighted by atomic mass is 32.2. The maximum absolute atomic E-state index is 12.5. The second-order valence-corrected chi connectivity index (χ2v) is 7.05. The van der Waals surface area contributed by atoms with Crippen LogP contribution in [0.3, 0.4) is 0 Å². The molecule has 1 atom stereocenters. The number of rotatable bonds is 4. The Morgan fingerprint density at radius 3 is 2.58 bits per heavy atom. The van der Waals surface area contributed by atoms with Crippen molar-refractivity contribution in [2.45, 2.75) is 37.6 Å². The molecule has 1 aromatic rings. The fourth-order valence-corrected chi connectivity index (χ4v) is 3.91. The molecule has 1 fully saturated rings. The van der Waals surface area contributed by atoms with Crippen LogP contribution >= 0.6 is 0 Å². The zero-order valence-corrected chi connectivity index (χ0v) is 12.4. The minimum absolute atomic E-state index is 0.211. The van der Waals surface area contributed by atoms with Gasteiger partial charge in [0.05, 0.1) is 4.90 Å². The summed E-state index contributed by atoms with van der Waals surface area (Å²) in [5.74, 6) is 0. The Balaban J connectivity index is 2.18. The van der Waals surface area contributed by atoms with Crippen molar-refractivity contribution in [2.24, 2.45) is 0 Å². The van der Waals surface area contributed by atoms with E-state index >= 15 is 0 Å². The molecule has 1 aliphatic heterocycles. The minimum Gasteiger partial charge on any atom is -0.312 e. The summed E-state index contributed by atoms with van der Waals surface area (Å²) in [6.45, 7) is 5.93. The predicted molar refractivity (Wildman–Crippen MR) is 76.7 cm³/mol. The van der Waals surface area contributed by atoms with Crippen molar-refractivity contribution >= 4 is 10.0 Å². The average molecular weight is 282 g/mol. The predicted octanol–water partition coefficient (Wildman–Crippen LogP) is 1.62. The Morgan fingerprint density at radius 1 is 1.32 bits per heavy atom. The van der Waals surface area contributed by atoms with Crippen LogP contribution in [0.2, 0.25) is 0 Å². The third kappa shape index (κ3) is 3.35. The molecule has 0 spiro atoms. The van der Waals surface area contributed by atoms with Crippen LogP contribution in [-0.2, 0) is 16.4 Å². The summed E-state index contributed by atoms with van der Waals surface area (Å²) in [5.41, 5.74) is 1.19. The first-order valence-electron chi connectivity index (χ1n) is 6.86. The first-order chi connectivity index (χ1) is 9.04. The summed E-state index contributed by atoms with van der Waals surface area (Å²) in [6, 6.07) is 7.51. The van der Waals surface area contributed by atoms with Crippen molar-refractivity contribution in [3.63, 3.8) is 0 Å². The van der Waals surface area contributed by atoms with E-state index in [1.165, 1.54) is 5.56 Å². The van der Waals surface area contributed by atoms with Crippen LogP contribution in [0.5, 0.6) is 0 Å². The smallest absolute Gasteiger partial charge is 0.243 e. The number of piperazine rings is 1. The SMILES string of the molecule is CCCc1ccc(S(=O)(=O)N2CCN[C@@H](C)C2)cc1. The van der Waals surface area contributed by atoms with E-state index in [4.69, 9.17) is 0 Å². The summed E-state index contributed by atoms with van der Waals surface area (Å²) in [7, 11) is -3.33. The molecule has 106 valence electrons. The Hall–Kier alpha value is -0.910. The van der Waals surface area contributed by atoms with E-state index in [1.54, 1.807) is 16.4 Å². The van der Waals surface area contributed by atoms with Gasteiger partial charge in [-0.1, -0.05) is 25.5 Å². The molecule has 1 aromatic carbocycles. The van der Waals surface area contributed by atoms with E-state index in [1.807, 2.05) is 19.1 Å². The van der Waals surface area contributed by atoms with Gasteiger partial charge in [0.1, 0.15) is 0 Å². The highest BCUT2D eigenvalue weighted by Gasteiger charge is 2.28. The van der Waals surface area contributed by atoms with E-state index in [9.17, 15) is 8.42 Å². The molecule has 0 bridgehead atoms. The van der Waals surface area contributed by atoms with Gasteiger partial charge in [-0.05, 0) is 31.0 Å². The van der Waals surface area contributed by atoms with Crippen molar-refractivity contribution < 1.29 is 8.42 Å². The molecule has 2 rings (SSSR count). The Bertz CT molecular complexity index is 511. The molecule has 0 amide bonds. The van der Waals surface area contributed by atoms with Crippen LogP contribution in [0, 0.1) is 0 Å². The van der Waals surface area contributed by atoms with Crippen LogP contribution in [0.1, 0.15) is 25.8 Å². The van der Waals surface area contributed by atoms with E-state index in [0.717, 1.165) is 12.8 Å². The summed E-state index contributed by atoms with van der Waals surface area (Å²) in [6.07, 6.45) is 2.06. The standard InChI is InChI=1S/C14H22N2O2S/c1-3-4-13-5-7-14(8-6-13)19(17,18)16-10-9-15-12(2)11-16/h5-8,12,15H,3-4,9-11H2,1-2H3/t12-/m0/s1. The molecule has 0 saturated carbocycles. The van der Waals surface area contributed by atoms with Gasteiger partial charge in [0, 0.05) is 25.7 Å². The number of aryl methyl sites for hydroxylation is 1. The molecule has 0 radical (unpaired) electrons. The molecule has 5 heteroatoms. The Morgan fingerprint density at radius 2 is 2.00 bits per heavy atom.